The van der Waals surface area contributed by atoms with Gasteiger partial charge in [0.15, 0.2) is 0 Å². The Morgan fingerprint density at radius 3 is 2.41 bits per heavy atom. The first kappa shape index (κ1) is 16.3. The maximum absolute atomic E-state index is 11.4. The van der Waals surface area contributed by atoms with Crippen molar-refractivity contribution in [3.8, 4) is 0 Å². The molecule has 2 amide bonds. The first-order chi connectivity index (χ1) is 10.6. The number of hydrogen-bond donors (Lipinski definition) is 2. The van der Waals surface area contributed by atoms with E-state index in [0.717, 1.165) is 38.2 Å². The van der Waals surface area contributed by atoms with Gasteiger partial charge in [0.1, 0.15) is 0 Å². The normalized spacial score (nSPS) is 15.5. The van der Waals surface area contributed by atoms with Crippen LogP contribution in [0.15, 0.2) is 24.3 Å². The highest BCUT2D eigenvalue weighted by molar-refractivity contribution is 5.88. The zero-order valence-corrected chi connectivity index (χ0v) is 13.1. The smallest absolute Gasteiger partial charge is 0.409 e. The average molecular weight is 305 g/mol. The molecule has 0 spiro atoms. The first-order valence-corrected chi connectivity index (χ1v) is 7.51. The monoisotopic (exact) mass is 305 g/mol. The number of hydrogen-bond acceptors (Lipinski definition) is 4. The molecule has 1 aromatic carbocycles. The number of anilines is 1. The number of carbonyl (C=O) groups is 2. The molecule has 6 nitrogen and oxygen atoms in total. The molecule has 2 N–H and O–H groups in total. The molecule has 1 fully saturated rings. The van der Waals surface area contributed by atoms with Crippen LogP contribution in [0.5, 0.6) is 0 Å². The second kappa shape index (κ2) is 7.79. The SMILES string of the molecule is COC(=O)N1CCC(NCc2ccc(NC(C)=O)cc2)CC1. The predicted molar refractivity (Wildman–Crippen MR) is 84.6 cm³/mol. The van der Waals surface area contributed by atoms with Crippen LogP contribution in [0.4, 0.5) is 10.5 Å². The summed E-state index contributed by atoms with van der Waals surface area (Å²) in [5.74, 6) is -0.0664. The van der Waals surface area contributed by atoms with Crippen molar-refractivity contribution in [3.05, 3.63) is 29.8 Å². The third-order valence-corrected chi connectivity index (χ3v) is 3.80. The molecule has 1 heterocycles. The molecule has 0 bridgehead atoms. The van der Waals surface area contributed by atoms with Gasteiger partial charge in [0, 0.05) is 38.3 Å². The van der Waals surface area contributed by atoms with Gasteiger partial charge < -0.3 is 20.3 Å². The zero-order chi connectivity index (χ0) is 15.9. The van der Waals surface area contributed by atoms with Crippen molar-refractivity contribution >= 4 is 17.7 Å². The topological polar surface area (TPSA) is 70.7 Å². The van der Waals surface area contributed by atoms with Crippen molar-refractivity contribution < 1.29 is 14.3 Å². The molecule has 0 aromatic heterocycles. The van der Waals surface area contributed by atoms with Crippen LogP contribution in [0, 0.1) is 0 Å². The molecule has 120 valence electrons. The van der Waals surface area contributed by atoms with Crippen LogP contribution >= 0.6 is 0 Å². The Morgan fingerprint density at radius 2 is 1.86 bits per heavy atom. The number of benzene rings is 1. The highest BCUT2D eigenvalue weighted by atomic mass is 16.5. The number of piperidine rings is 1. The summed E-state index contributed by atoms with van der Waals surface area (Å²) in [7, 11) is 1.41. The van der Waals surface area contributed by atoms with Crippen LogP contribution in [0.2, 0.25) is 0 Å². The van der Waals surface area contributed by atoms with Gasteiger partial charge in [0.05, 0.1) is 7.11 Å². The molecule has 1 aliphatic heterocycles. The molecular weight excluding hydrogens is 282 g/mol. The molecule has 2 rings (SSSR count). The van der Waals surface area contributed by atoms with Gasteiger partial charge in [-0.15, -0.1) is 0 Å². The Hall–Kier alpha value is -2.08. The van der Waals surface area contributed by atoms with E-state index in [1.54, 1.807) is 4.90 Å². The number of likely N-dealkylation sites (tertiary alicyclic amines) is 1. The van der Waals surface area contributed by atoms with Crippen LogP contribution in [-0.4, -0.2) is 43.1 Å². The number of amides is 2. The summed E-state index contributed by atoms with van der Waals surface area (Å²) in [6, 6.07) is 8.22. The fourth-order valence-electron chi connectivity index (χ4n) is 2.57. The van der Waals surface area contributed by atoms with E-state index in [1.165, 1.54) is 19.6 Å². The largest absolute Gasteiger partial charge is 0.453 e. The van der Waals surface area contributed by atoms with Gasteiger partial charge in [0.25, 0.3) is 0 Å². The molecular formula is C16H23N3O3. The van der Waals surface area contributed by atoms with Crippen LogP contribution in [-0.2, 0) is 16.1 Å². The van der Waals surface area contributed by atoms with Gasteiger partial charge in [-0.05, 0) is 30.5 Å². The van der Waals surface area contributed by atoms with E-state index in [1.807, 2.05) is 24.3 Å². The lowest BCUT2D eigenvalue weighted by Gasteiger charge is -2.31. The van der Waals surface area contributed by atoms with E-state index >= 15 is 0 Å². The van der Waals surface area contributed by atoms with Crippen LogP contribution in [0.3, 0.4) is 0 Å². The Labute approximate surface area is 130 Å². The number of ether oxygens (including phenoxy) is 1. The van der Waals surface area contributed by atoms with Crippen molar-refractivity contribution in [1.29, 1.82) is 0 Å². The Morgan fingerprint density at radius 1 is 1.23 bits per heavy atom. The standard InChI is InChI=1S/C16H23N3O3/c1-12(20)18-15-5-3-13(4-6-15)11-17-14-7-9-19(10-8-14)16(21)22-2/h3-6,14,17H,7-11H2,1-2H3,(H,18,20). The third kappa shape index (κ3) is 4.73. The maximum atomic E-state index is 11.4. The highest BCUT2D eigenvalue weighted by Gasteiger charge is 2.22. The molecule has 0 saturated carbocycles. The Balaban J connectivity index is 1.75. The number of nitrogens with zero attached hydrogens (tertiary/aromatic N) is 1. The summed E-state index contributed by atoms with van der Waals surface area (Å²) in [6.07, 6.45) is 1.62. The summed E-state index contributed by atoms with van der Waals surface area (Å²) in [5.41, 5.74) is 1.98. The van der Waals surface area contributed by atoms with Crippen LogP contribution in [0.25, 0.3) is 0 Å². The molecule has 0 atom stereocenters. The molecule has 22 heavy (non-hydrogen) atoms. The Kier molecular flexibility index (Phi) is 5.77. The zero-order valence-electron chi connectivity index (χ0n) is 13.1. The van der Waals surface area contributed by atoms with Gasteiger partial charge >= 0.3 is 6.09 Å². The lowest BCUT2D eigenvalue weighted by Crippen LogP contribution is -2.44. The van der Waals surface area contributed by atoms with Crippen molar-refractivity contribution in [2.75, 3.05) is 25.5 Å². The summed E-state index contributed by atoms with van der Waals surface area (Å²) in [6.45, 7) is 3.73. The molecule has 1 saturated heterocycles. The van der Waals surface area contributed by atoms with Gasteiger partial charge in [-0.1, -0.05) is 12.1 Å². The summed E-state index contributed by atoms with van der Waals surface area (Å²) < 4.78 is 4.73. The summed E-state index contributed by atoms with van der Waals surface area (Å²) in [4.78, 5) is 24.1. The van der Waals surface area contributed by atoms with E-state index < -0.39 is 0 Å². The lowest BCUT2D eigenvalue weighted by atomic mass is 10.0. The molecule has 6 heteroatoms. The van der Waals surface area contributed by atoms with E-state index in [0.29, 0.717) is 6.04 Å². The quantitative estimate of drug-likeness (QED) is 0.892. The lowest BCUT2D eigenvalue weighted by molar-refractivity contribution is -0.114. The minimum atomic E-state index is -0.244. The average Bonchev–Trinajstić information content (AvgIpc) is 2.53. The van der Waals surface area contributed by atoms with E-state index in [2.05, 4.69) is 10.6 Å². The van der Waals surface area contributed by atoms with Gasteiger partial charge in [-0.25, -0.2) is 4.79 Å². The summed E-state index contributed by atoms with van der Waals surface area (Å²) in [5, 5.41) is 6.26. The van der Waals surface area contributed by atoms with Gasteiger partial charge in [0.2, 0.25) is 5.91 Å². The number of nitrogens with one attached hydrogen (secondary N) is 2. The maximum Gasteiger partial charge on any atom is 0.409 e. The van der Waals surface area contributed by atoms with E-state index in [-0.39, 0.29) is 12.0 Å². The second-order valence-corrected chi connectivity index (χ2v) is 5.49. The van der Waals surface area contributed by atoms with Crippen LogP contribution in [0.1, 0.15) is 25.3 Å². The predicted octanol–water partition coefficient (Wildman–Crippen LogP) is 1.97. The van der Waals surface area contributed by atoms with Gasteiger partial charge in [-0.3, -0.25) is 4.79 Å². The molecule has 1 aliphatic rings. The fourth-order valence-corrected chi connectivity index (χ4v) is 2.57. The summed E-state index contributed by atoms with van der Waals surface area (Å²) >= 11 is 0. The number of rotatable bonds is 4. The molecule has 1 aromatic rings. The molecule has 0 unspecified atom stereocenters. The highest BCUT2D eigenvalue weighted by Crippen LogP contribution is 2.13. The van der Waals surface area contributed by atoms with E-state index in [9.17, 15) is 9.59 Å². The van der Waals surface area contributed by atoms with E-state index in [4.69, 9.17) is 4.74 Å². The van der Waals surface area contributed by atoms with Gasteiger partial charge in [-0.2, -0.15) is 0 Å². The number of carbonyl (C=O) groups excluding carboxylic acids is 2. The van der Waals surface area contributed by atoms with Crippen molar-refractivity contribution in [1.82, 2.24) is 10.2 Å². The number of methoxy groups -OCH3 is 1. The third-order valence-electron chi connectivity index (χ3n) is 3.80. The Bertz CT molecular complexity index is 508. The second-order valence-electron chi connectivity index (χ2n) is 5.49. The van der Waals surface area contributed by atoms with Crippen LogP contribution < -0.4 is 10.6 Å². The minimum absolute atomic E-state index is 0.0664. The fraction of sp³-hybridized carbons (Fsp3) is 0.500. The minimum Gasteiger partial charge on any atom is -0.453 e. The van der Waals surface area contributed by atoms with Crippen molar-refractivity contribution in [2.45, 2.75) is 32.4 Å². The van der Waals surface area contributed by atoms with Crippen molar-refractivity contribution in [3.63, 3.8) is 0 Å². The first-order valence-electron chi connectivity index (χ1n) is 7.51. The van der Waals surface area contributed by atoms with Crippen molar-refractivity contribution in [2.24, 2.45) is 0 Å². The molecule has 0 radical (unpaired) electrons. The molecule has 0 aliphatic carbocycles.